The molecular weight excluding hydrogens is 446 g/mol. The minimum absolute atomic E-state index is 0.0248. The molecule has 1 aromatic carbocycles. The van der Waals surface area contributed by atoms with Crippen LogP contribution in [0.3, 0.4) is 0 Å². The number of rotatable bonds is 7. The van der Waals surface area contributed by atoms with Gasteiger partial charge in [-0.1, -0.05) is 50.3 Å². The highest BCUT2D eigenvalue weighted by Gasteiger charge is 2.40. The summed E-state index contributed by atoms with van der Waals surface area (Å²) in [7, 11) is -3.71. The molecule has 10 nitrogen and oxygen atoms in total. The van der Waals surface area contributed by atoms with Crippen LogP contribution in [0.25, 0.3) is 0 Å². The Hall–Kier alpha value is -2.66. The van der Waals surface area contributed by atoms with E-state index in [2.05, 4.69) is 10.6 Å². The van der Waals surface area contributed by atoms with Gasteiger partial charge < -0.3 is 21.3 Å². The number of carbonyl (C=O) groups excluding carboxylic acids is 3. The van der Waals surface area contributed by atoms with Gasteiger partial charge in [0.15, 0.2) is 0 Å². The Kier molecular flexibility index (Phi) is 8.30. The Balaban J connectivity index is 1.71. The van der Waals surface area contributed by atoms with E-state index in [0.717, 1.165) is 42.7 Å². The Morgan fingerprint density at radius 3 is 2.36 bits per heavy atom. The van der Waals surface area contributed by atoms with E-state index in [9.17, 15) is 22.8 Å². The number of benzene rings is 1. The average Bonchev–Trinajstić information content (AvgIpc) is 2.79. The molecule has 4 amide bonds. The van der Waals surface area contributed by atoms with Crippen LogP contribution in [0, 0.1) is 5.92 Å². The van der Waals surface area contributed by atoms with Crippen LogP contribution in [-0.2, 0) is 19.6 Å². The van der Waals surface area contributed by atoms with Gasteiger partial charge in [-0.25, -0.2) is 13.2 Å². The number of nitrogens with two attached hydrogens (primary N) is 1. The number of hydrogen-bond acceptors (Lipinski definition) is 5. The van der Waals surface area contributed by atoms with Crippen molar-refractivity contribution in [2.24, 2.45) is 11.7 Å². The molecule has 182 valence electrons. The summed E-state index contributed by atoms with van der Waals surface area (Å²) >= 11 is 0. The molecule has 1 saturated carbocycles. The van der Waals surface area contributed by atoms with Crippen LogP contribution in [0.4, 0.5) is 10.5 Å². The van der Waals surface area contributed by atoms with Crippen LogP contribution in [0.15, 0.2) is 30.3 Å². The third-order valence-electron chi connectivity index (χ3n) is 6.33. The second-order valence-corrected chi connectivity index (χ2v) is 10.8. The fourth-order valence-electron chi connectivity index (χ4n) is 4.56. The summed E-state index contributed by atoms with van der Waals surface area (Å²) in [6.45, 7) is -0.0215. The summed E-state index contributed by atoms with van der Waals surface area (Å²) in [5.41, 5.74) is 6.15. The van der Waals surface area contributed by atoms with E-state index >= 15 is 0 Å². The average molecular weight is 480 g/mol. The molecule has 0 radical (unpaired) electrons. The lowest BCUT2D eigenvalue weighted by atomic mass is 9.84. The molecule has 1 aliphatic heterocycles. The molecule has 3 rings (SSSR count). The Morgan fingerprint density at radius 1 is 1.09 bits per heavy atom. The van der Waals surface area contributed by atoms with Crippen LogP contribution in [0.5, 0.6) is 0 Å². The standard InChI is InChI=1S/C22H33N5O5S/c1-33(31,32)27-13-12-26(22(30)24-17-10-6-3-7-11-17)15-19(27)21(29)25-18(20(23)28)14-16-8-4-2-5-9-16/h3,6-7,10-11,16,18-19H,2,4-5,8-9,12-15H2,1H3,(H2,23,28)(H,24,30)(H,25,29). The van der Waals surface area contributed by atoms with Gasteiger partial charge in [-0.05, 0) is 24.5 Å². The summed E-state index contributed by atoms with van der Waals surface area (Å²) in [6.07, 6.45) is 6.75. The second kappa shape index (κ2) is 11.0. The molecule has 0 aromatic heterocycles. The number of hydrogen-bond donors (Lipinski definition) is 3. The monoisotopic (exact) mass is 479 g/mol. The topological polar surface area (TPSA) is 142 Å². The third kappa shape index (κ3) is 6.91. The van der Waals surface area contributed by atoms with Crippen LogP contribution in [0.2, 0.25) is 0 Å². The molecule has 1 saturated heterocycles. The van der Waals surface area contributed by atoms with E-state index in [0.29, 0.717) is 18.0 Å². The van der Waals surface area contributed by atoms with Crippen molar-refractivity contribution in [2.75, 3.05) is 31.2 Å². The van der Waals surface area contributed by atoms with Gasteiger partial charge in [-0.15, -0.1) is 0 Å². The minimum Gasteiger partial charge on any atom is -0.368 e. The summed E-state index contributed by atoms with van der Waals surface area (Å²) in [6, 6.07) is 6.39. The smallest absolute Gasteiger partial charge is 0.321 e. The predicted octanol–water partition coefficient (Wildman–Crippen LogP) is 1.10. The van der Waals surface area contributed by atoms with Crippen molar-refractivity contribution in [1.82, 2.24) is 14.5 Å². The number of anilines is 1. The number of urea groups is 1. The summed E-state index contributed by atoms with van der Waals surface area (Å²) in [4.78, 5) is 39.3. The summed E-state index contributed by atoms with van der Waals surface area (Å²) in [5, 5.41) is 5.42. The van der Waals surface area contributed by atoms with E-state index < -0.39 is 40.0 Å². The van der Waals surface area contributed by atoms with Gasteiger partial charge >= 0.3 is 6.03 Å². The number of carbonyl (C=O) groups is 3. The van der Waals surface area contributed by atoms with Crippen molar-refractivity contribution in [1.29, 1.82) is 0 Å². The maximum atomic E-state index is 13.2. The Morgan fingerprint density at radius 2 is 1.76 bits per heavy atom. The van der Waals surface area contributed by atoms with E-state index in [-0.39, 0.29) is 19.6 Å². The zero-order chi connectivity index (χ0) is 24.0. The number of para-hydroxylation sites is 1. The van der Waals surface area contributed by atoms with Gasteiger partial charge in [0.1, 0.15) is 12.1 Å². The summed E-state index contributed by atoms with van der Waals surface area (Å²) in [5.74, 6) is -0.978. The molecule has 0 bridgehead atoms. The highest BCUT2D eigenvalue weighted by atomic mass is 32.2. The molecule has 2 atom stereocenters. The highest BCUT2D eigenvalue weighted by molar-refractivity contribution is 7.88. The fraction of sp³-hybridized carbons (Fsp3) is 0.591. The largest absolute Gasteiger partial charge is 0.368 e. The molecule has 1 heterocycles. The number of primary amides is 1. The van der Waals surface area contributed by atoms with Gasteiger partial charge in [-0.2, -0.15) is 4.31 Å². The van der Waals surface area contributed by atoms with Crippen LogP contribution < -0.4 is 16.4 Å². The molecule has 11 heteroatoms. The Labute approximate surface area is 194 Å². The van der Waals surface area contributed by atoms with Gasteiger partial charge in [-0.3, -0.25) is 9.59 Å². The quantitative estimate of drug-likeness (QED) is 0.537. The van der Waals surface area contributed by atoms with Crippen molar-refractivity contribution in [2.45, 2.75) is 50.6 Å². The SMILES string of the molecule is CS(=O)(=O)N1CCN(C(=O)Nc2ccccc2)CC1C(=O)NC(CC1CCCCC1)C(N)=O. The minimum atomic E-state index is -3.71. The molecule has 33 heavy (non-hydrogen) atoms. The van der Waals surface area contributed by atoms with E-state index in [1.54, 1.807) is 24.3 Å². The predicted molar refractivity (Wildman–Crippen MR) is 125 cm³/mol. The van der Waals surface area contributed by atoms with Crippen molar-refractivity contribution in [3.8, 4) is 0 Å². The molecule has 4 N–H and O–H groups in total. The highest BCUT2D eigenvalue weighted by Crippen LogP contribution is 2.27. The molecule has 1 aromatic rings. The van der Waals surface area contributed by atoms with E-state index in [1.165, 1.54) is 4.90 Å². The fourth-order valence-corrected chi connectivity index (χ4v) is 5.59. The van der Waals surface area contributed by atoms with Gasteiger partial charge in [0.2, 0.25) is 21.8 Å². The molecule has 0 spiro atoms. The third-order valence-corrected chi connectivity index (χ3v) is 7.61. The first-order valence-corrected chi connectivity index (χ1v) is 13.2. The lowest BCUT2D eigenvalue weighted by Gasteiger charge is -2.39. The second-order valence-electron chi connectivity index (χ2n) is 8.83. The first-order valence-electron chi connectivity index (χ1n) is 11.3. The normalized spacial score (nSPS) is 21.2. The number of nitrogens with zero attached hydrogens (tertiary/aromatic N) is 2. The lowest BCUT2D eigenvalue weighted by Crippen LogP contribution is -2.63. The van der Waals surface area contributed by atoms with E-state index in [1.807, 2.05) is 6.07 Å². The van der Waals surface area contributed by atoms with Crippen molar-refractivity contribution >= 4 is 33.6 Å². The maximum Gasteiger partial charge on any atom is 0.321 e. The van der Waals surface area contributed by atoms with Gasteiger partial charge in [0.25, 0.3) is 0 Å². The zero-order valence-corrected chi connectivity index (χ0v) is 19.7. The van der Waals surface area contributed by atoms with Crippen LogP contribution in [0.1, 0.15) is 38.5 Å². The molecule has 2 unspecified atom stereocenters. The van der Waals surface area contributed by atoms with Crippen molar-refractivity contribution in [3.05, 3.63) is 30.3 Å². The van der Waals surface area contributed by atoms with Crippen molar-refractivity contribution < 1.29 is 22.8 Å². The van der Waals surface area contributed by atoms with Gasteiger partial charge in [0.05, 0.1) is 6.26 Å². The number of piperazine rings is 1. The number of sulfonamides is 1. The first-order chi connectivity index (χ1) is 15.6. The molecular formula is C22H33N5O5S. The number of amides is 4. The summed E-state index contributed by atoms with van der Waals surface area (Å²) < 4.78 is 25.8. The number of nitrogens with one attached hydrogen (secondary N) is 2. The lowest BCUT2D eigenvalue weighted by molar-refractivity contribution is -0.131. The maximum absolute atomic E-state index is 13.2. The van der Waals surface area contributed by atoms with Crippen molar-refractivity contribution in [3.63, 3.8) is 0 Å². The van der Waals surface area contributed by atoms with Crippen LogP contribution in [-0.4, -0.2) is 73.4 Å². The Bertz CT molecular complexity index is 949. The van der Waals surface area contributed by atoms with E-state index in [4.69, 9.17) is 5.73 Å². The van der Waals surface area contributed by atoms with Gasteiger partial charge in [0, 0.05) is 25.3 Å². The molecule has 2 fully saturated rings. The first kappa shape index (κ1) is 25.0. The zero-order valence-electron chi connectivity index (χ0n) is 18.9. The van der Waals surface area contributed by atoms with Crippen LogP contribution >= 0.6 is 0 Å². The molecule has 2 aliphatic rings. The molecule has 1 aliphatic carbocycles.